The number of nitrogens with zero attached hydrogens (tertiary/aromatic N) is 1. The maximum Gasteiger partial charge on any atom is 0.240 e. The first-order chi connectivity index (χ1) is 8.88. The normalized spacial score (nSPS) is 25.4. The van der Waals surface area contributed by atoms with Gasteiger partial charge in [-0.05, 0) is 51.6 Å². The lowest BCUT2D eigenvalue weighted by atomic mass is 10.0. The molecule has 0 saturated carbocycles. The lowest BCUT2D eigenvalue weighted by molar-refractivity contribution is 0.178. The topological polar surface area (TPSA) is 75.4 Å². The highest BCUT2D eigenvalue weighted by Crippen LogP contribution is 2.19. The third kappa shape index (κ3) is 3.46. The van der Waals surface area contributed by atoms with Crippen LogP contribution in [-0.4, -0.2) is 39.0 Å². The van der Waals surface area contributed by atoms with Gasteiger partial charge in [0.25, 0.3) is 0 Å². The fourth-order valence-electron chi connectivity index (χ4n) is 2.37. The van der Waals surface area contributed by atoms with Gasteiger partial charge in [0.05, 0.1) is 4.90 Å². The van der Waals surface area contributed by atoms with Crippen LogP contribution in [0.25, 0.3) is 0 Å². The molecule has 19 heavy (non-hydrogen) atoms. The van der Waals surface area contributed by atoms with Crippen molar-refractivity contribution in [3.8, 4) is 0 Å². The molecule has 2 rings (SSSR count). The second-order valence-corrected chi connectivity index (χ2v) is 6.96. The van der Waals surface area contributed by atoms with Crippen LogP contribution in [0.3, 0.4) is 0 Å². The van der Waals surface area contributed by atoms with E-state index in [4.69, 9.17) is 5.73 Å². The number of nitrogens with one attached hydrogen (secondary N) is 1. The van der Waals surface area contributed by atoms with E-state index >= 15 is 0 Å². The molecule has 1 saturated heterocycles. The van der Waals surface area contributed by atoms with Gasteiger partial charge in [-0.15, -0.1) is 0 Å². The van der Waals surface area contributed by atoms with Crippen molar-refractivity contribution < 1.29 is 8.42 Å². The molecule has 0 amide bonds. The minimum absolute atomic E-state index is 0.00219. The van der Waals surface area contributed by atoms with Gasteiger partial charge in [0.2, 0.25) is 10.0 Å². The second-order valence-electron chi connectivity index (χ2n) is 5.24. The summed E-state index contributed by atoms with van der Waals surface area (Å²) in [6, 6.07) is 6.77. The number of likely N-dealkylation sites (tertiary alicyclic amines) is 1. The number of rotatable bonds is 3. The van der Waals surface area contributed by atoms with Crippen LogP contribution in [0, 0.1) is 0 Å². The van der Waals surface area contributed by atoms with E-state index in [-0.39, 0.29) is 10.9 Å². The van der Waals surface area contributed by atoms with Gasteiger partial charge in [-0.2, -0.15) is 0 Å². The highest BCUT2D eigenvalue weighted by atomic mass is 32.2. The molecule has 1 fully saturated rings. The van der Waals surface area contributed by atoms with Crippen LogP contribution in [0.5, 0.6) is 0 Å². The minimum Gasteiger partial charge on any atom is -0.399 e. The van der Waals surface area contributed by atoms with Crippen molar-refractivity contribution in [2.75, 3.05) is 19.3 Å². The molecular weight excluding hydrogens is 262 g/mol. The van der Waals surface area contributed by atoms with E-state index in [1.165, 1.54) is 6.07 Å². The summed E-state index contributed by atoms with van der Waals surface area (Å²) >= 11 is 0. The first-order valence-corrected chi connectivity index (χ1v) is 7.95. The van der Waals surface area contributed by atoms with Gasteiger partial charge >= 0.3 is 0 Å². The van der Waals surface area contributed by atoms with Crippen LogP contribution in [0.4, 0.5) is 5.69 Å². The first kappa shape index (κ1) is 14.3. The summed E-state index contributed by atoms with van der Waals surface area (Å²) in [6.45, 7) is 3.02. The molecule has 0 aliphatic carbocycles. The summed E-state index contributed by atoms with van der Waals surface area (Å²) < 4.78 is 27.3. The molecule has 5 nitrogen and oxygen atoms in total. The molecule has 2 unspecified atom stereocenters. The lowest BCUT2D eigenvalue weighted by Crippen LogP contribution is -2.47. The maximum atomic E-state index is 12.3. The Morgan fingerprint density at radius 3 is 2.79 bits per heavy atom. The zero-order valence-corrected chi connectivity index (χ0v) is 12.2. The van der Waals surface area contributed by atoms with Crippen molar-refractivity contribution in [1.82, 2.24) is 9.62 Å². The molecule has 0 spiro atoms. The minimum atomic E-state index is -3.47. The third-order valence-corrected chi connectivity index (χ3v) is 5.22. The van der Waals surface area contributed by atoms with Crippen molar-refractivity contribution >= 4 is 15.7 Å². The largest absolute Gasteiger partial charge is 0.399 e. The smallest absolute Gasteiger partial charge is 0.240 e. The molecular formula is C13H21N3O2S. The van der Waals surface area contributed by atoms with E-state index in [2.05, 4.69) is 23.6 Å². The van der Waals surface area contributed by atoms with E-state index < -0.39 is 10.0 Å². The van der Waals surface area contributed by atoms with E-state index in [0.29, 0.717) is 11.7 Å². The molecule has 3 N–H and O–H groups in total. The van der Waals surface area contributed by atoms with Crippen LogP contribution in [0.1, 0.15) is 19.8 Å². The van der Waals surface area contributed by atoms with Crippen LogP contribution in [0.15, 0.2) is 29.2 Å². The second kappa shape index (κ2) is 5.48. The Kier molecular flexibility index (Phi) is 4.13. The molecule has 1 aliphatic rings. The highest BCUT2D eigenvalue weighted by molar-refractivity contribution is 7.89. The molecule has 1 heterocycles. The fourth-order valence-corrected chi connectivity index (χ4v) is 3.70. The predicted molar refractivity (Wildman–Crippen MR) is 76.3 cm³/mol. The quantitative estimate of drug-likeness (QED) is 0.812. The van der Waals surface area contributed by atoms with Gasteiger partial charge in [0, 0.05) is 17.8 Å². The Hall–Kier alpha value is -1.11. The zero-order valence-electron chi connectivity index (χ0n) is 11.3. The van der Waals surface area contributed by atoms with Crippen LogP contribution < -0.4 is 10.5 Å². The average Bonchev–Trinajstić information content (AvgIpc) is 2.33. The Labute approximate surface area is 114 Å². The molecule has 1 aromatic rings. The maximum absolute atomic E-state index is 12.3. The molecule has 0 aromatic heterocycles. The number of anilines is 1. The van der Waals surface area contributed by atoms with Crippen LogP contribution >= 0.6 is 0 Å². The number of hydrogen-bond donors (Lipinski definition) is 2. The van der Waals surface area contributed by atoms with Crippen LogP contribution in [-0.2, 0) is 10.0 Å². The summed E-state index contributed by atoms with van der Waals surface area (Å²) in [5.41, 5.74) is 6.09. The summed E-state index contributed by atoms with van der Waals surface area (Å²) in [5, 5.41) is 0. The number of sulfonamides is 1. The van der Waals surface area contributed by atoms with E-state index in [9.17, 15) is 8.42 Å². The van der Waals surface area contributed by atoms with Gasteiger partial charge < -0.3 is 10.6 Å². The first-order valence-electron chi connectivity index (χ1n) is 6.46. The van der Waals surface area contributed by atoms with Gasteiger partial charge in [-0.1, -0.05) is 6.07 Å². The van der Waals surface area contributed by atoms with E-state index in [1.54, 1.807) is 18.2 Å². The van der Waals surface area contributed by atoms with Crippen molar-refractivity contribution in [3.05, 3.63) is 24.3 Å². The van der Waals surface area contributed by atoms with Crippen molar-refractivity contribution in [2.45, 2.75) is 36.7 Å². The lowest BCUT2D eigenvalue weighted by Gasteiger charge is -2.35. The number of nitrogen functional groups attached to an aromatic ring is 1. The van der Waals surface area contributed by atoms with Crippen molar-refractivity contribution in [2.24, 2.45) is 0 Å². The van der Waals surface area contributed by atoms with Gasteiger partial charge in [-0.3, -0.25) is 0 Å². The Bertz CT molecular complexity index is 545. The molecule has 0 bridgehead atoms. The predicted octanol–water partition coefficient (Wildman–Crippen LogP) is 1.03. The molecule has 2 atom stereocenters. The number of benzene rings is 1. The van der Waals surface area contributed by atoms with Gasteiger partial charge in [0.1, 0.15) is 0 Å². The molecule has 0 radical (unpaired) electrons. The summed E-state index contributed by atoms with van der Waals surface area (Å²) in [4.78, 5) is 2.48. The standard InChI is InChI=1S/C13H21N3O2S/c1-10-8-12(6-7-16(10)2)15-19(17,18)13-5-3-4-11(14)9-13/h3-5,9-10,12,15H,6-8,14H2,1-2H3. The fraction of sp³-hybridized carbons (Fsp3) is 0.538. The monoisotopic (exact) mass is 283 g/mol. The van der Waals surface area contributed by atoms with E-state index in [1.807, 2.05) is 0 Å². The van der Waals surface area contributed by atoms with Gasteiger partial charge in [-0.25, -0.2) is 13.1 Å². The number of hydrogen-bond acceptors (Lipinski definition) is 4. The molecule has 1 aromatic carbocycles. The molecule has 1 aliphatic heterocycles. The SMILES string of the molecule is CC1CC(NS(=O)(=O)c2cccc(N)c2)CCN1C. The number of piperidine rings is 1. The van der Waals surface area contributed by atoms with E-state index in [0.717, 1.165) is 19.4 Å². The van der Waals surface area contributed by atoms with Gasteiger partial charge in [0.15, 0.2) is 0 Å². The Morgan fingerprint density at radius 1 is 1.42 bits per heavy atom. The molecule has 6 heteroatoms. The third-order valence-electron chi connectivity index (χ3n) is 3.70. The highest BCUT2D eigenvalue weighted by Gasteiger charge is 2.27. The summed E-state index contributed by atoms with van der Waals surface area (Å²) in [5.74, 6) is 0. The average molecular weight is 283 g/mol. The number of nitrogens with two attached hydrogens (primary N) is 1. The summed E-state index contributed by atoms with van der Waals surface area (Å²) in [7, 11) is -1.41. The summed E-state index contributed by atoms with van der Waals surface area (Å²) in [6.07, 6.45) is 1.67. The Morgan fingerprint density at radius 2 is 2.16 bits per heavy atom. The zero-order chi connectivity index (χ0) is 14.0. The molecule has 106 valence electrons. The van der Waals surface area contributed by atoms with Crippen LogP contribution in [0.2, 0.25) is 0 Å². The van der Waals surface area contributed by atoms with Crippen molar-refractivity contribution in [1.29, 1.82) is 0 Å². The van der Waals surface area contributed by atoms with Crippen molar-refractivity contribution in [3.63, 3.8) is 0 Å². The Balaban J connectivity index is 2.10.